The van der Waals surface area contributed by atoms with E-state index < -0.39 is 15.9 Å². The number of benzene rings is 1. The van der Waals surface area contributed by atoms with E-state index in [2.05, 4.69) is 10.0 Å². The van der Waals surface area contributed by atoms with Crippen molar-refractivity contribution < 1.29 is 27.4 Å². The molecule has 9 heteroatoms. The normalized spacial score (nSPS) is 10.9. The minimum Gasteiger partial charge on any atom is -0.493 e. The molecule has 0 saturated heterocycles. The Bertz CT molecular complexity index is 589. The Hall–Kier alpha value is -2.00. The van der Waals surface area contributed by atoms with E-state index in [1.54, 1.807) is 12.1 Å². The van der Waals surface area contributed by atoms with Gasteiger partial charge in [-0.1, -0.05) is 0 Å². The molecule has 0 aliphatic carbocycles. The second-order valence-corrected chi connectivity index (χ2v) is 5.89. The van der Waals surface area contributed by atoms with Gasteiger partial charge in [-0.15, -0.1) is 0 Å². The van der Waals surface area contributed by atoms with E-state index in [1.807, 2.05) is 0 Å². The lowest BCUT2D eigenvalue weighted by Crippen LogP contribution is -2.32. The van der Waals surface area contributed by atoms with Crippen LogP contribution >= 0.6 is 0 Å². The van der Waals surface area contributed by atoms with Crippen LogP contribution < -0.4 is 24.2 Å². The fourth-order valence-corrected chi connectivity index (χ4v) is 1.95. The van der Waals surface area contributed by atoms with Gasteiger partial charge in [-0.2, -0.15) is 0 Å². The number of nitrogens with one attached hydrogen (secondary N) is 2. The number of sulfonamides is 1. The van der Waals surface area contributed by atoms with E-state index in [0.29, 0.717) is 22.9 Å². The van der Waals surface area contributed by atoms with Crippen LogP contribution in [-0.4, -0.2) is 48.5 Å². The van der Waals surface area contributed by atoms with Crippen LogP contribution in [0.5, 0.6) is 17.2 Å². The maximum absolute atomic E-state index is 11.7. The van der Waals surface area contributed by atoms with Crippen molar-refractivity contribution in [3.8, 4) is 17.2 Å². The molecule has 0 aliphatic rings. The lowest BCUT2D eigenvalue weighted by molar-refractivity contribution is -0.115. The van der Waals surface area contributed by atoms with Crippen molar-refractivity contribution >= 4 is 21.6 Å². The molecular weight excluding hydrogens is 300 g/mol. The highest BCUT2D eigenvalue weighted by Gasteiger charge is 2.14. The highest BCUT2D eigenvalue weighted by atomic mass is 32.2. The molecular formula is C12H18N2O6S. The highest BCUT2D eigenvalue weighted by Crippen LogP contribution is 2.39. The Labute approximate surface area is 123 Å². The predicted octanol–water partition coefficient (Wildman–Crippen LogP) is 0.200. The number of ether oxygens (including phenoxy) is 3. The summed E-state index contributed by atoms with van der Waals surface area (Å²) in [5, 5.41) is 2.53. The second kappa shape index (κ2) is 7.14. The smallest absolute Gasteiger partial charge is 0.239 e. The fourth-order valence-electron chi connectivity index (χ4n) is 1.56. The van der Waals surface area contributed by atoms with Gasteiger partial charge < -0.3 is 19.5 Å². The molecule has 0 saturated carbocycles. The highest BCUT2D eigenvalue weighted by molar-refractivity contribution is 7.88. The van der Waals surface area contributed by atoms with E-state index in [1.165, 1.54) is 21.3 Å². The summed E-state index contributed by atoms with van der Waals surface area (Å²) in [5.74, 6) is 0.633. The molecule has 0 aromatic heterocycles. The van der Waals surface area contributed by atoms with Gasteiger partial charge in [-0.3, -0.25) is 4.79 Å². The van der Waals surface area contributed by atoms with Gasteiger partial charge in [0.15, 0.2) is 11.5 Å². The first-order valence-corrected chi connectivity index (χ1v) is 7.74. The largest absolute Gasteiger partial charge is 0.493 e. The summed E-state index contributed by atoms with van der Waals surface area (Å²) in [5.41, 5.74) is 0.393. The van der Waals surface area contributed by atoms with E-state index in [0.717, 1.165) is 6.26 Å². The molecule has 1 aromatic carbocycles. The number of carbonyl (C=O) groups is 1. The third-order valence-corrected chi connectivity index (χ3v) is 3.11. The average molecular weight is 318 g/mol. The molecule has 8 nitrogen and oxygen atoms in total. The summed E-state index contributed by atoms with van der Waals surface area (Å²) >= 11 is 0. The third kappa shape index (κ3) is 5.12. The van der Waals surface area contributed by atoms with Gasteiger partial charge in [0.2, 0.25) is 21.7 Å². The molecule has 0 unspecified atom stereocenters. The fraction of sp³-hybridized carbons (Fsp3) is 0.417. The molecule has 1 rings (SSSR count). The molecule has 0 heterocycles. The molecule has 0 atom stereocenters. The standard InChI is InChI=1S/C12H18N2O6S/c1-18-9-5-8(6-10(19-2)12(9)20-3)14-11(15)7-13-21(4,16)17/h5-6,13H,7H2,1-4H3,(H,14,15). The summed E-state index contributed by atoms with van der Waals surface area (Å²) in [6.45, 7) is -0.366. The lowest BCUT2D eigenvalue weighted by atomic mass is 10.2. The zero-order chi connectivity index (χ0) is 16.0. The van der Waals surface area contributed by atoms with Crippen molar-refractivity contribution in [2.75, 3.05) is 39.4 Å². The van der Waals surface area contributed by atoms with Crippen molar-refractivity contribution in [2.24, 2.45) is 0 Å². The van der Waals surface area contributed by atoms with Crippen LogP contribution in [0.3, 0.4) is 0 Å². The van der Waals surface area contributed by atoms with Crippen LogP contribution in [-0.2, 0) is 14.8 Å². The zero-order valence-electron chi connectivity index (χ0n) is 12.2. The summed E-state index contributed by atoms with van der Waals surface area (Å²) < 4.78 is 39.4. The van der Waals surface area contributed by atoms with Crippen LogP contribution in [0.4, 0.5) is 5.69 Å². The van der Waals surface area contributed by atoms with E-state index in [9.17, 15) is 13.2 Å². The van der Waals surface area contributed by atoms with E-state index in [4.69, 9.17) is 14.2 Å². The number of hydrogen-bond acceptors (Lipinski definition) is 6. The Balaban J connectivity index is 2.91. The number of anilines is 1. The van der Waals surface area contributed by atoms with Crippen LogP contribution in [0.25, 0.3) is 0 Å². The van der Waals surface area contributed by atoms with Crippen molar-refractivity contribution in [2.45, 2.75) is 0 Å². The number of hydrogen-bond donors (Lipinski definition) is 2. The maximum Gasteiger partial charge on any atom is 0.239 e. The third-order valence-electron chi connectivity index (χ3n) is 2.44. The predicted molar refractivity (Wildman–Crippen MR) is 77.6 cm³/mol. The van der Waals surface area contributed by atoms with Crippen LogP contribution in [0, 0.1) is 0 Å². The SMILES string of the molecule is COc1cc(NC(=O)CNS(C)(=O)=O)cc(OC)c1OC. The Morgan fingerprint density at radius 1 is 1.10 bits per heavy atom. The summed E-state index contributed by atoms with van der Waals surface area (Å²) in [6, 6.07) is 3.08. The van der Waals surface area contributed by atoms with E-state index in [-0.39, 0.29) is 6.54 Å². The molecule has 0 radical (unpaired) electrons. The van der Waals surface area contributed by atoms with Crippen molar-refractivity contribution in [3.63, 3.8) is 0 Å². The van der Waals surface area contributed by atoms with Gasteiger partial charge in [0, 0.05) is 17.8 Å². The minimum absolute atomic E-state index is 0.366. The minimum atomic E-state index is -3.43. The number of carbonyl (C=O) groups excluding carboxylic acids is 1. The summed E-state index contributed by atoms with van der Waals surface area (Å²) in [4.78, 5) is 11.7. The monoisotopic (exact) mass is 318 g/mol. The van der Waals surface area contributed by atoms with Gasteiger partial charge >= 0.3 is 0 Å². The zero-order valence-corrected chi connectivity index (χ0v) is 13.0. The molecule has 1 amide bonds. The topological polar surface area (TPSA) is 103 Å². The number of methoxy groups -OCH3 is 3. The molecule has 1 aromatic rings. The molecule has 21 heavy (non-hydrogen) atoms. The van der Waals surface area contributed by atoms with Crippen molar-refractivity contribution in [3.05, 3.63) is 12.1 Å². The molecule has 118 valence electrons. The molecule has 2 N–H and O–H groups in total. The molecule has 0 bridgehead atoms. The average Bonchev–Trinajstić information content (AvgIpc) is 2.43. The molecule has 0 fully saturated rings. The quantitative estimate of drug-likeness (QED) is 0.744. The Morgan fingerprint density at radius 3 is 2.00 bits per heavy atom. The number of rotatable bonds is 7. The first-order valence-electron chi connectivity index (χ1n) is 5.85. The van der Waals surface area contributed by atoms with Gasteiger partial charge in [-0.25, -0.2) is 13.1 Å². The van der Waals surface area contributed by atoms with Crippen molar-refractivity contribution in [1.29, 1.82) is 0 Å². The summed E-state index contributed by atoms with van der Waals surface area (Å²) in [6.07, 6.45) is 0.972. The van der Waals surface area contributed by atoms with Crippen LogP contribution in [0.15, 0.2) is 12.1 Å². The number of amides is 1. The van der Waals surface area contributed by atoms with Gasteiger partial charge in [0.1, 0.15) is 0 Å². The van der Waals surface area contributed by atoms with Gasteiger partial charge in [0.25, 0.3) is 0 Å². The first-order chi connectivity index (χ1) is 9.80. The van der Waals surface area contributed by atoms with Crippen LogP contribution in [0.1, 0.15) is 0 Å². The summed E-state index contributed by atoms with van der Waals surface area (Å²) in [7, 11) is 0.944. The van der Waals surface area contributed by atoms with Crippen molar-refractivity contribution in [1.82, 2.24) is 4.72 Å². The van der Waals surface area contributed by atoms with E-state index >= 15 is 0 Å². The molecule has 0 aliphatic heterocycles. The Kier molecular flexibility index (Phi) is 5.79. The van der Waals surface area contributed by atoms with Gasteiger partial charge in [-0.05, 0) is 0 Å². The second-order valence-electron chi connectivity index (χ2n) is 4.06. The molecule has 0 spiro atoms. The van der Waals surface area contributed by atoms with Crippen LogP contribution in [0.2, 0.25) is 0 Å². The first kappa shape index (κ1) is 17.1. The van der Waals surface area contributed by atoms with Gasteiger partial charge in [0.05, 0.1) is 34.1 Å². The lowest BCUT2D eigenvalue weighted by Gasteiger charge is -2.14. The maximum atomic E-state index is 11.7. The Morgan fingerprint density at radius 2 is 1.62 bits per heavy atom.